The summed E-state index contributed by atoms with van der Waals surface area (Å²) in [4.78, 5) is 10.3. The standard InChI is InChI=1S/C6H5O2S/c1-5(7)8-6-3-2-4-9-6/h2-3H,1H3. The van der Waals surface area contributed by atoms with Crippen molar-refractivity contribution in [1.82, 2.24) is 0 Å². The summed E-state index contributed by atoms with van der Waals surface area (Å²) in [6.45, 7) is 1.37. The van der Waals surface area contributed by atoms with Crippen LogP contribution in [0.25, 0.3) is 0 Å². The molecule has 0 unspecified atom stereocenters. The molecule has 0 aliphatic heterocycles. The molecule has 0 bridgehead atoms. The van der Waals surface area contributed by atoms with E-state index in [2.05, 4.69) is 5.38 Å². The highest BCUT2D eigenvalue weighted by atomic mass is 32.1. The van der Waals surface area contributed by atoms with E-state index in [1.54, 1.807) is 12.1 Å². The van der Waals surface area contributed by atoms with Crippen LogP contribution < -0.4 is 4.74 Å². The fourth-order valence-electron chi connectivity index (χ4n) is 0.425. The lowest BCUT2D eigenvalue weighted by atomic mass is 10.6. The van der Waals surface area contributed by atoms with Gasteiger partial charge in [-0.3, -0.25) is 4.79 Å². The van der Waals surface area contributed by atoms with E-state index in [4.69, 9.17) is 4.74 Å². The molecule has 0 saturated carbocycles. The van der Waals surface area contributed by atoms with Crippen molar-refractivity contribution in [1.29, 1.82) is 0 Å². The van der Waals surface area contributed by atoms with E-state index in [1.165, 1.54) is 18.3 Å². The minimum atomic E-state index is -0.286. The van der Waals surface area contributed by atoms with E-state index in [9.17, 15) is 4.79 Å². The van der Waals surface area contributed by atoms with Crippen LogP contribution in [-0.4, -0.2) is 5.97 Å². The molecule has 47 valence electrons. The van der Waals surface area contributed by atoms with Gasteiger partial charge in [0.25, 0.3) is 0 Å². The van der Waals surface area contributed by atoms with Gasteiger partial charge in [-0.1, -0.05) is 11.3 Å². The van der Waals surface area contributed by atoms with Crippen molar-refractivity contribution in [2.75, 3.05) is 0 Å². The second kappa shape index (κ2) is 2.64. The first-order chi connectivity index (χ1) is 4.29. The van der Waals surface area contributed by atoms with Gasteiger partial charge < -0.3 is 4.74 Å². The van der Waals surface area contributed by atoms with E-state index >= 15 is 0 Å². The molecule has 0 spiro atoms. The van der Waals surface area contributed by atoms with Gasteiger partial charge in [0.1, 0.15) is 0 Å². The van der Waals surface area contributed by atoms with Crippen LogP contribution in [0.4, 0.5) is 0 Å². The van der Waals surface area contributed by atoms with Crippen LogP contribution in [0.2, 0.25) is 0 Å². The van der Waals surface area contributed by atoms with Gasteiger partial charge in [-0.25, -0.2) is 0 Å². The lowest BCUT2D eigenvalue weighted by Crippen LogP contribution is -1.98. The van der Waals surface area contributed by atoms with Gasteiger partial charge in [0, 0.05) is 12.3 Å². The summed E-state index contributed by atoms with van der Waals surface area (Å²) in [5.74, 6) is -0.286. The fraction of sp³-hybridized carbons (Fsp3) is 0.167. The maximum absolute atomic E-state index is 10.3. The number of hydrogen-bond donors (Lipinski definition) is 0. The zero-order valence-electron chi connectivity index (χ0n) is 4.88. The van der Waals surface area contributed by atoms with Crippen molar-refractivity contribution in [3.05, 3.63) is 17.5 Å². The van der Waals surface area contributed by atoms with Gasteiger partial charge >= 0.3 is 5.97 Å². The monoisotopic (exact) mass is 141 g/mol. The normalized spacial score (nSPS) is 9.00. The number of ether oxygens (including phenoxy) is 1. The molecule has 9 heavy (non-hydrogen) atoms. The number of carbonyl (C=O) groups excluding carboxylic acids is 1. The SMILES string of the molecule is CC(=O)Oc1cc[c]s1. The predicted octanol–water partition coefficient (Wildman–Crippen LogP) is 1.47. The molecule has 1 aromatic heterocycles. The zero-order chi connectivity index (χ0) is 6.69. The summed E-state index contributed by atoms with van der Waals surface area (Å²) < 4.78 is 4.70. The highest BCUT2D eigenvalue weighted by molar-refractivity contribution is 7.11. The highest BCUT2D eigenvalue weighted by Gasteiger charge is 1.95. The summed E-state index contributed by atoms with van der Waals surface area (Å²) in [6.07, 6.45) is 0. The largest absolute Gasteiger partial charge is 0.416 e. The average molecular weight is 141 g/mol. The first kappa shape index (κ1) is 6.29. The average Bonchev–Trinajstić information content (AvgIpc) is 2.15. The van der Waals surface area contributed by atoms with Crippen LogP contribution in [0.3, 0.4) is 0 Å². The number of hydrogen-bond acceptors (Lipinski definition) is 3. The van der Waals surface area contributed by atoms with Crippen LogP contribution in [0, 0.1) is 5.38 Å². The Balaban J connectivity index is 2.58. The van der Waals surface area contributed by atoms with E-state index < -0.39 is 0 Å². The third kappa shape index (κ3) is 1.85. The fourth-order valence-corrected chi connectivity index (χ4v) is 0.972. The Hall–Kier alpha value is -0.830. The molecule has 1 aromatic rings. The molecule has 1 heterocycles. The van der Waals surface area contributed by atoms with E-state index in [1.807, 2.05) is 0 Å². The maximum atomic E-state index is 10.3. The van der Waals surface area contributed by atoms with Crippen LogP contribution in [0.5, 0.6) is 5.06 Å². The van der Waals surface area contributed by atoms with Gasteiger partial charge in [-0.15, -0.1) is 0 Å². The third-order valence-electron chi connectivity index (χ3n) is 0.691. The van der Waals surface area contributed by atoms with Crippen LogP contribution in [-0.2, 0) is 4.79 Å². The second-order valence-electron chi connectivity index (χ2n) is 1.47. The summed E-state index contributed by atoms with van der Waals surface area (Å²) in [5.41, 5.74) is 0. The van der Waals surface area contributed by atoms with Crippen molar-refractivity contribution in [3.63, 3.8) is 0 Å². The minimum Gasteiger partial charge on any atom is -0.416 e. The molecular weight excluding hydrogens is 136 g/mol. The number of carbonyl (C=O) groups is 1. The first-order valence-electron chi connectivity index (χ1n) is 2.43. The van der Waals surface area contributed by atoms with Crippen molar-refractivity contribution >= 4 is 17.3 Å². The van der Waals surface area contributed by atoms with Crippen molar-refractivity contribution in [2.24, 2.45) is 0 Å². The molecule has 1 radical (unpaired) electrons. The summed E-state index contributed by atoms with van der Waals surface area (Å²) in [6, 6.07) is 3.41. The Morgan fingerprint density at radius 3 is 3.11 bits per heavy atom. The predicted molar refractivity (Wildman–Crippen MR) is 34.5 cm³/mol. The molecule has 0 amide bonds. The van der Waals surface area contributed by atoms with E-state index in [0.29, 0.717) is 5.06 Å². The molecule has 2 nitrogen and oxygen atoms in total. The van der Waals surface area contributed by atoms with Crippen LogP contribution in [0.15, 0.2) is 12.1 Å². The molecule has 3 heteroatoms. The van der Waals surface area contributed by atoms with Gasteiger partial charge in [0.2, 0.25) is 0 Å². The number of thiophene rings is 1. The Kier molecular flexibility index (Phi) is 1.85. The van der Waals surface area contributed by atoms with E-state index in [-0.39, 0.29) is 5.97 Å². The Bertz CT molecular complexity index is 191. The molecule has 1 rings (SSSR count). The Morgan fingerprint density at radius 1 is 1.89 bits per heavy atom. The van der Waals surface area contributed by atoms with Crippen molar-refractivity contribution in [2.45, 2.75) is 6.92 Å². The lowest BCUT2D eigenvalue weighted by molar-refractivity contribution is -0.131. The topological polar surface area (TPSA) is 26.3 Å². The molecular formula is C6H5O2S. The van der Waals surface area contributed by atoms with Gasteiger partial charge in [0.05, 0.1) is 0 Å². The Morgan fingerprint density at radius 2 is 2.67 bits per heavy atom. The minimum absolute atomic E-state index is 0.286. The first-order valence-corrected chi connectivity index (χ1v) is 3.25. The molecule has 0 aliphatic carbocycles. The van der Waals surface area contributed by atoms with Crippen LogP contribution in [0.1, 0.15) is 6.92 Å². The number of rotatable bonds is 1. The molecule has 0 aliphatic rings. The molecule has 0 fully saturated rings. The summed E-state index contributed by atoms with van der Waals surface area (Å²) in [7, 11) is 0. The molecule has 0 aromatic carbocycles. The van der Waals surface area contributed by atoms with E-state index in [0.717, 1.165) is 0 Å². The van der Waals surface area contributed by atoms with Crippen molar-refractivity contribution in [3.8, 4) is 5.06 Å². The van der Waals surface area contributed by atoms with Gasteiger partial charge in [0.15, 0.2) is 5.06 Å². The smallest absolute Gasteiger partial charge is 0.308 e. The highest BCUT2D eigenvalue weighted by Crippen LogP contribution is 2.16. The maximum Gasteiger partial charge on any atom is 0.308 e. The van der Waals surface area contributed by atoms with Gasteiger partial charge in [-0.2, -0.15) is 0 Å². The molecule has 0 N–H and O–H groups in total. The Labute approximate surface area is 57.1 Å². The van der Waals surface area contributed by atoms with Crippen molar-refractivity contribution < 1.29 is 9.53 Å². The van der Waals surface area contributed by atoms with Crippen LogP contribution >= 0.6 is 11.3 Å². The summed E-state index contributed by atoms with van der Waals surface area (Å²) in [5, 5.41) is 3.40. The summed E-state index contributed by atoms with van der Waals surface area (Å²) >= 11 is 1.28. The van der Waals surface area contributed by atoms with Gasteiger partial charge in [-0.05, 0) is 12.1 Å². The molecule has 0 atom stereocenters. The third-order valence-corrected chi connectivity index (χ3v) is 1.37. The quantitative estimate of drug-likeness (QED) is 0.553. The second-order valence-corrected chi connectivity index (χ2v) is 2.31. The molecule has 0 saturated heterocycles. The number of esters is 1. The lowest BCUT2D eigenvalue weighted by Gasteiger charge is -1.91. The zero-order valence-corrected chi connectivity index (χ0v) is 5.70.